The Balaban J connectivity index is 2.15. The molecule has 0 saturated carbocycles. The highest BCUT2D eigenvalue weighted by Gasteiger charge is 2.16. The maximum atomic E-state index is 12.2. The Morgan fingerprint density at radius 1 is 1.26 bits per heavy atom. The van der Waals surface area contributed by atoms with E-state index in [1.54, 1.807) is 18.5 Å². The summed E-state index contributed by atoms with van der Waals surface area (Å²) >= 11 is 0. The average Bonchev–Trinajstić information content (AvgIpc) is 2.54. The third kappa shape index (κ3) is 4.05. The fraction of sp³-hybridized carbons (Fsp3) is 0.200. The highest BCUT2D eigenvalue weighted by molar-refractivity contribution is 7.89. The van der Waals surface area contributed by atoms with Crippen molar-refractivity contribution in [2.45, 2.75) is 17.9 Å². The van der Waals surface area contributed by atoms with Crippen LogP contribution in [0.3, 0.4) is 0 Å². The number of hydrogen-bond acceptors (Lipinski definition) is 5. The SMILES string of the molecule is COc1cnccc1[C@@H](C)NC(=O)c1ccc(S(N)(=O)=O)cc1. The topological polar surface area (TPSA) is 111 Å². The first-order valence-corrected chi connectivity index (χ1v) is 8.29. The quantitative estimate of drug-likeness (QED) is 0.853. The molecule has 7 nitrogen and oxygen atoms in total. The van der Waals surface area contributed by atoms with Gasteiger partial charge in [-0.2, -0.15) is 0 Å². The number of nitrogens with two attached hydrogens (primary N) is 1. The molecule has 0 fully saturated rings. The van der Waals surface area contributed by atoms with Crippen LogP contribution in [0.15, 0.2) is 47.6 Å². The molecule has 1 heterocycles. The molecule has 1 amide bonds. The first-order chi connectivity index (χ1) is 10.8. The van der Waals surface area contributed by atoms with E-state index in [0.717, 1.165) is 5.56 Å². The second-order valence-corrected chi connectivity index (χ2v) is 6.44. The minimum Gasteiger partial charge on any atom is -0.495 e. The number of methoxy groups -OCH3 is 1. The molecule has 3 N–H and O–H groups in total. The number of benzene rings is 1. The molecule has 1 aromatic carbocycles. The fourth-order valence-electron chi connectivity index (χ4n) is 2.07. The van der Waals surface area contributed by atoms with Crippen LogP contribution >= 0.6 is 0 Å². The number of pyridine rings is 1. The van der Waals surface area contributed by atoms with Gasteiger partial charge in [-0.05, 0) is 37.3 Å². The van der Waals surface area contributed by atoms with Gasteiger partial charge in [0.15, 0.2) is 0 Å². The molecule has 8 heteroatoms. The number of carbonyl (C=O) groups excluding carboxylic acids is 1. The van der Waals surface area contributed by atoms with Gasteiger partial charge in [0.1, 0.15) is 5.75 Å². The molecular weight excluding hydrogens is 318 g/mol. The van der Waals surface area contributed by atoms with Crippen molar-refractivity contribution in [2.75, 3.05) is 7.11 Å². The van der Waals surface area contributed by atoms with Crippen LogP contribution in [0.2, 0.25) is 0 Å². The molecule has 0 aliphatic rings. The Bertz CT molecular complexity index is 804. The zero-order chi connectivity index (χ0) is 17.0. The molecule has 1 aromatic heterocycles. The van der Waals surface area contributed by atoms with Crippen molar-refractivity contribution in [3.63, 3.8) is 0 Å². The van der Waals surface area contributed by atoms with Crippen molar-refractivity contribution in [3.8, 4) is 5.75 Å². The van der Waals surface area contributed by atoms with Gasteiger partial charge in [-0.15, -0.1) is 0 Å². The maximum Gasteiger partial charge on any atom is 0.251 e. The Morgan fingerprint density at radius 3 is 2.48 bits per heavy atom. The van der Waals surface area contributed by atoms with E-state index in [1.807, 2.05) is 6.92 Å². The largest absolute Gasteiger partial charge is 0.495 e. The van der Waals surface area contributed by atoms with E-state index in [0.29, 0.717) is 11.3 Å². The number of carbonyl (C=O) groups is 1. The third-order valence-corrected chi connectivity index (χ3v) is 4.22. The number of sulfonamides is 1. The van der Waals surface area contributed by atoms with Crippen molar-refractivity contribution in [1.29, 1.82) is 0 Å². The van der Waals surface area contributed by atoms with Crippen molar-refractivity contribution in [3.05, 3.63) is 53.9 Å². The molecular formula is C15H17N3O4S. The Hall–Kier alpha value is -2.45. The Morgan fingerprint density at radius 2 is 1.91 bits per heavy atom. The van der Waals surface area contributed by atoms with Gasteiger partial charge in [-0.1, -0.05) is 0 Å². The number of ether oxygens (including phenoxy) is 1. The molecule has 0 spiro atoms. The predicted molar refractivity (Wildman–Crippen MR) is 84.5 cm³/mol. The van der Waals surface area contributed by atoms with E-state index in [1.165, 1.54) is 31.4 Å². The van der Waals surface area contributed by atoms with Crippen LogP contribution in [0.5, 0.6) is 5.75 Å². The molecule has 0 aliphatic heterocycles. The molecule has 0 unspecified atom stereocenters. The zero-order valence-corrected chi connectivity index (χ0v) is 13.5. The molecule has 0 saturated heterocycles. The summed E-state index contributed by atoms with van der Waals surface area (Å²) in [7, 11) is -2.25. The van der Waals surface area contributed by atoms with Crippen molar-refractivity contribution in [2.24, 2.45) is 5.14 Å². The van der Waals surface area contributed by atoms with E-state index in [4.69, 9.17) is 9.88 Å². The van der Waals surface area contributed by atoms with Crippen LogP contribution in [0.25, 0.3) is 0 Å². The molecule has 0 aliphatic carbocycles. The lowest BCUT2D eigenvalue weighted by Gasteiger charge is -2.17. The van der Waals surface area contributed by atoms with Gasteiger partial charge in [0.25, 0.3) is 5.91 Å². The smallest absolute Gasteiger partial charge is 0.251 e. The maximum absolute atomic E-state index is 12.2. The first-order valence-electron chi connectivity index (χ1n) is 6.74. The highest BCUT2D eigenvalue weighted by Crippen LogP contribution is 2.23. The van der Waals surface area contributed by atoms with Gasteiger partial charge >= 0.3 is 0 Å². The summed E-state index contributed by atoms with van der Waals surface area (Å²) in [5, 5.41) is 7.84. The van der Waals surface area contributed by atoms with Gasteiger partial charge in [-0.3, -0.25) is 9.78 Å². The van der Waals surface area contributed by atoms with E-state index in [-0.39, 0.29) is 16.8 Å². The molecule has 23 heavy (non-hydrogen) atoms. The standard InChI is InChI=1S/C15H17N3O4S/c1-10(13-7-8-17-9-14(13)22-2)18-15(19)11-3-5-12(6-4-11)23(16,20)21/h3-10H,1-2H3,(H,18,19)(H2,16,20,21)/t10-/m1/s1. The van der Waals surface area contributed by atoms with Crippen LogP contribution in [0, 0.1) is 0 Å². The van der Waals surface area contributed by atoms with Gasteiger partial charge in [-0.25, -0.2) is 13.6 Å². The lowest BCUT2D eigenvalue weighted by Crippen LogP contribution is -2.27. The second kappa shape index (κ2) is 6.76. The van der Waals surface area contributed by atoms with Crippen LogP contribution in [-0.4, -0.2) is 26.4 Å². The lowest BCUT2D eigenvalue weighted by molar-refractivity contribution is 0.0939. The fourth-order valence-corrected chi connectivity index (χ4v) is 2.59. The van der Waals surface area contributed by atoms with Crippen molar-refractivity contribution < 1.29 is 17.9 Å². The number of amides is 1. The van der Waals surface area contributed by atoms with Crippen LogP contribution in [-0.2, 0) is 10.0 Å². The molecule has 0 radical (unpaired) electrons. The molecule has 0 bridgehead atoms. The van der Waals surface area contributed by atoms with Gasteiger partial charge in [0.2, 0.25) is 10.0 Å². The Labute approximate surface area is 134 Å². The normalized spacial score (nSPS) is 12.5. The summed E-state index contributed by atoms with van der Waals surface area (Å²) in [6.45, 7) is 1.81. The van der Waals surface area contributed by atoms with Gasteiger partial charge < -0.3 is 10.1 Å². The van der Waals surface area contributed by atoms with Crippen molar-refractivity contribution in [1.82, 2.24) is 10.3 Å². The van der Waals surface area contributed by atoms with Crippen LogP contribution in [0.1, 0.15) is 28.9 Å². The number of primary sulfonamides is 1. The van der Waals surface area contributed by atoms with E-state index in [2.05, 4.69) is 10.3 Å². The summed E-state index contributed by atoms with van der Waals surface area (Å²) in [4.78, 5) is 16.2. The van der Waals surface area contributed by atoms with E-state index in [9.17, 15) is 13.2 Å². The number of aromatic nitrogens is 1. The molecule has 1 atom stereocenters. The number of nitrogens with zero attached hydrogens (tertiary/aromatic N) is 1. The first kappa shape index (κ1) is 16.9. The third-order valence-electron chi connectivity index (χ3n) is 3.30. The van der Waals surface area contributed by atoms with Gasteiger partial charge in [0.05, 0.1) is 24.2 Å². The second-order valence-electron chi connectivity index (χ2n) is 4.88. The van der Waals surface area contributed by atoms with Crippen LogP contribution in [0.4, 0.5) is 0 Å². The van der Waals surface area contributed by atoms with Gasteiger partial charge in [0, 0.05) is 17.3 Å². The minimum absolute atomic E-state index is 0.0436. The highest BCUT2D eigenvalue weighted by atomic mass is 32.2. The molecule has 122 valence electrons. The number of nitrogens with one attached hydrogen (secondary N) is 1. The van der Waals surface area contributed by atoms with Crippen molar-refractivity contribution >= 4 is 15.9 Å². The zero-order valence-electron chi connectivity index (χ0n) is 12.7. The summed E-state index contributed by atoms with van der Waals surface area (Å²) < 4.78 is 27.6. The minimum atomic E-state index is -3.78. The molecule has 2 aromatic rings. The summed E-state index contributed by atoms with van der Waals surface area (Å²) in [5.74, 6) is 0.238. The van der Waals surface area contributed by atoms with E-state index < -0.39 is 10.0 Å². The average molecular weight is 335 g/mol. The summed E-state index contributed by atoms with van der Waals surface area (Å²) in [6, 6.07) is 6.85. The lowest BCUT2D eigenvalue weighted by atomic mass is 10.1. The predicted octanol–water partition coefficient (Wildman–Crippen LogP) is 1.23. The summed E-state index contributed by atoms with van der Waals surface area (Å²) in [6.07, 6.45) is 3.18. The molecule has 2 rings (SSSR count). The summed E-state index contributed by atoms with van der Waals surface area (Å²) in [5.41, 5.74) is 1.12. The van der Waals surface area contributed by atoms with E-state index >= 15 is 0 Å². The number of hydrogen-bond donors (Lipinski definition) is 2. The number of rotatable bonds is 5. The monoisotopic (exact) mass is 335 g/mol. The Kier molecular flexibility index (Phi) is 4.97. The van der Waals surface area contributed by atoms with Crippen LogP contribution < -0.4 is 15.2 Å².